The van der Waals surface area contributed by atoms with Crippen molar-refractivity contribution in [1.29, 1.82) is 0 Å². The fourth-order valence-electron chi connectivity index (χ4n) is 1.11. The van der Waals surface area contributed by atoms with Gasteiger partial charge in [0.1, 0.15) is 12.5 Å². The van der Waals surface area contributed by atoms with Crippen molar-refractivity contribution in [1.82, 2.24) is 4.98 Å². The van der Waals surface area contributed by atoms with Crippen molar-refractivity contribution in [2.24, 2.45) is 0 Å². The van der Waals surface area contributed by atoms with Crippen LogP contribution in [-0.4, -0.2) is 22.4 Å². The molecule has 0 bridgehead atoms. The quantitative estimate of drug-likeness (QED) is 0.853. The molecule has 0 aliphatic heterocycles. The number of nitrogens with zero attached hydrogens (tertiary/aromatic N) is 1. The monoisotopic (exact) mass is 271 g/mol. The van der Waals surface area contributed by atoms with Gasteiger partial charge in [-0.15, -0.1) is 13.2 Å². The zero-order valence-electron chi connectivity index (χ0n) is 8.59. The molecule has 18 heavy (non-hydrogen) atoms. The van der Waals surface area contributed by atoms with Gasteiger partial charge >= 0.3 is 12.3 Å². The average molecular weight is 271 g/mol. The number of ether oxygens (including phenoxy) is 1. The van der Waals surface area contributed by atoms with Gasteiger partial charge in [-0.05, 0) is 6.07 Å². The molecule has 1 N–H and O–H groups in total. The number of aromatic nitrogens is 1. The van der Waals surface area contributed by atoms with Gasteiger partial charge in [-0.25, -0.2) is 13.8 Å². The van der Waals surface area contributed by atoms with E-state index in [1.165, 1.54) is 0 Å². The number of carboxylic acids is 1. The SMILES string of the molecule is O=C(O)Cc1nc(OC(F)(F)F)c(CF)cc1F. The van der Waals surface area contributed by atoms with E-state index >= 15 is 0 Å². The maximum atomic E-state index is 13.2. The molecule has 0 aliphatic rings. The number of hydrogen-bond donors (Lipinski definition) is 1. The minimum atomic E-state index is -5.13. The first-order valence-electron chi connectivity index (χ1n) is 4.44. The zero-order chi connectivity index (χ0) is 13.9. The fraction of sp³-hybridized carbons (Fsp3) is 0.333. The van der Waals surface area contributed by atoms with E-state index in [-0.39, 0.29) is 0 Å². The van der Waals surface area contributed by atoms with Gasteiger partial charge in [0.25, 0.3) is 0 Å². The third-order valence-electron chi connectivity index (χ3n) is 1.76. The van der Waals surface area contributed by atoms with E-state index in [0.717, 1.165) is 0 Å². The zero-order valence-corrected chi connectivity index (χ0v) is 8.59. The molecular formula is C9H6F5NO3. The van der Waals surface area contributed by atoms with Gasteiger partial charge in [-0.1, -0.05) is 0 Å². The molecule has 0 amide bonds. The average Bonchev–Trinajstić information content (AvgIpc) is 2.19. The Morgan fingerprint density at radius 1 is 1.44 bits per heavy atom. The summed E-state index contributed by atoms with van der Waals surface area (Å²) in [6, 6.07) is 0.423. The second-order valence-electron chi connectivity index (χ2n) is 3.13. The molecule has 100 valence electrons. The third kappa shape index (κ3) is 3.82. The topological polar surface area (TPSA) is 59.4 Å². The Bertz CT molecular complexity index is 460. The van der Waals surface area contributed by atoms with Gasteiger partial charge < -0.3 is 9.84 Å². The number of carboxylic acid groups (broad SMARTS) is 1. The molecule has 0 spiro atoms. The first kappa shape index (κ1) is 14.1. The van der Waals surface area contributed by atoms with Crippen molar-refractivity contribution in [3.05, 3.63) is 23.1 Å². The van der Waals surface area contributed by atoms with Crippen molar-refractivity contribution in [2.45, 2.75) is 19.5 Å². The van der Waals surface area contributed by atoms with Crippen LogP contribution in [0, 0.1) is 5.82 Å². The first-order chi connectivity index (χ1) is 8.23. The highest BCUT2D eigenvalue weighted by atomic mass is 19.4. The van der Waals surface area contributed by atoms with E-state index in [9.17, 15) is 26.7 Å². The Balaban J connectivity index is 3.17. The van der Waals surface area contributed by atoms with Crippen molar-refractivity contribution in [2.75, 3.05) is 0 Å². The van der Waals surface area contributed by atoms with Gasteiger partial charge in [-0.3, -0.25) is 4.79 Å². The van der Waals surface area contributed by atoms with Gasteiger partial charge in [-0.2, -0.15) is 0 Å². The van der Waals surface area contributed by atoms with Crippen LogP contribution in [0.1, 0.15) is 11.3 Å². The van der Waals surface area contributed by atoms with Crippen LogP contribution in [0.4, 0.5) is 22.0 Å². The smallest absolute Gasteiger partial charge is 0.481 e. The lowest BCUT2D eigenvalue weighted by atomic mass is 10.2. The van der Waals surface area contributed by atoms with Crippen LogP contribution >= 0.6 is 0 Å². The number of halogens is 5. The van der Waals surface area contributed by atoms with E-state index in [4.69, 9.17) is 5.11 Å². The van der Waals surface area contributed by atoms with E-state index < -0.39 is 48.4 Å². The van der Waals surface area contributed by atoms with Crippen LogP contribution < -0.4 is 4.74 Å². The molecule has 9 heteroatoms. The molecule has 0 aliphatic carbocycles. The molecule has 4 nitrogen and oxygen atoms in total. The van der Waals surface area contributed by atoms with Crippen molar-refractivity contribution in [3.8, 4) is 5.88 Å². The Morgan fingerprint density at radius 2 is 2.06 bits per heavy atom. The summed E-state index contributed by atoms with van der Waals surface area (Å²) in [6.45, 7) is -1.43. The highest BCUT2D eigenvalue weighted by Crippen LogP contribution is 2.26. The minimum Gasteiger partial charge on any atom is -0.481 e. The van der Waals surface area contributed by atoms with Crippen LogP contribution in [0.5, 0.6) is 5.88 Å². The maximum Gasteiger partial charge on any atom is 0.574 e. The van der Waals surface area contributed by atoms with E-state index in [2.05, 4.69) is 9.72 Å². The number of carbonyl (C=O) groups is 1. The highest BCUT2D eigenvalue weighted by molar-refractivity contribution is 5.69. The van der Waals surface area contributed by atoms with Gasteiger partial charge in [0.05, 0.1) is 12.1 Å². The summed E-state index contributed by atoms with van der Waals surface area (Å²) in [7, 11) is 0. The maximum absolute atomic E-state index is 13.2. The van der Waals surface area contributed by atoms with Crippen LogP contribution in [0.15, 0.2) is 6.07 Å². The van der Waals surface area contributed by atoms with Crippen LogP contribution in [0.2, 0.25) is 0 Å². The van der Waals surface area contributed by atoms with Crippen LogP contribution in [0.3, 0.4) is 0 Å². The van der Waals surface area contributed by atoms with Gasteiger partial charge in [0, 0.05) is 5.56 Å². The normalized spacial score (nSPS) is 11.4. The summed E-state index contributed by atoms with van der Waals surface area (Å²) in [6.07, 6.45) is -6.07. The summed E-state index contributed by atoms with van der Waals surface area (Å²) in [5.74, 6) is -3.89. The molecule has 1 aromatic rings. The molecule has 0 saturated carbocycles. The van der Waals surface area contributed by atoms with E-state index in [1.807, 2.05) is 0 Å². The van der Waals surface area contributed by atoms with E-state index in [1.54, 1.807) is 0 Å². The highest BCUT2D eigenvalue weighted by Gasteiger charge is 2.33. The van der Waals surface area contributed by atoms with Crippen LogP contribution in [-0.2, 0) is 17.9 Å². The second-order valence-corrected chi connectivity index (χ2v) is 3.13. The molecule has 1 aromatic heterocycles. The largest absolute Gasteiger partial charge is 0.574 e. The second kappa shape index (κ2) is 5.15. The molecule has 1 heterocycles. The predicted molar refractivity (Wildman–Crippen MR) is 47.0 cm³/mol. The third-order valence-corrected chi connectivity index (χ3v) is 1.76. The molecule has 1 rings (SSSR count). The molecule has 0 atom stereocenters. The number of hydrogen-bond acceptors (Lipinski definition) is 3. The molecule has 0 aromatic carbocycles. The Kier molecular flexibility index (Phi) is 4.04. The Hall–Kier alpha value is -1.93. The lowest BCUT2D eigenvalue weighted by Crippen LogP contribution is -2.20. The summed E-state index contributed by atoms with van der Waals surface area (Å²) in [4.78, 5) is 13.4. The fourth-order valence-corrected chi connectivity index (χ4v) is 1.11. The summed E-state index contributed by atoms with van der Waals surface area (Å²) < 4.78 is 64.8. The Labute approximate surface area is 97.0 Å². The summed E-state index contributed by atoms with van der Waals surface area (Å²) >= 11 is 0. The number of alkyl halides is 4. The lowest BCUT2D eigenvalue weighted by Gasteiger charge is -2.12. The predicted octanol–water partition coefficient (Wildman–Crippen LogP) is 2.22. The van der Waals surface area contributed by atoms with Crippen molar-refractivity contribution in [3.63, 3.8) is 0 Å². The number of pyridine rings is 1. The van der Waals surface area contributed by atoms with Crippen molar-refractivity contribution >= 4 is 5.97 Å². The lowest BCUT2D eigenvalue weighted by molar-refractivity contribution is -0.276. The summed E-state index contributed by atoms with van der Waals surface area (Å²) in [5.41, 5.74) is -1.52. The standard InChI is InChI=1S/C9H6F5NO3/c10-3-4-1-5(11)6(2-7(16)17)15-8(4)18-9(12,13)14/h1H,2-3H2,(H,16,17). The molecule has 0 saturated heterocycles. The van der Waals surface area contributed by atoms with Gasteiger partial charge in [0.2, 0.25) is 5.88 Å². The van der Waals surface area contributed by atoms with E-state index in [0.29, 0.717) is 6.07 Å². The Morgan fingerprint density at radius 3 is 2.50 bits per heavy atom. The summed E-state index contributed by atoms with van der Waals surface area (Å²) in [5, 5.41) is 8.40. The number of aliphatic carboxylic acids is 1. The molecule has 0 radical (unpaired) electrons. The molecule has 0 unspecified atom stereocenters. The minimum absolute atomic E-state index is 0.423. The first-order valence-corrected chi connectivity index (χ1v) is 4.44. The number of rotatable bonds is 4. The molecule has 0 fully saturated rings. The van der Waals surface area contributed by atoms with Crippen molar-refractivity contribution < 1.29 is 36.6 Å². The van der Waals surface area contributed by atoms with Gasteiger partial charge in [0.15, 0.2) is 0 Å². The molecular weight excluding hydrogens is 265 g/mol. The van der Waals surface area contributed by atoms with Crippen LogP contribution in [0.25, 0.3) is 0 Å².